The van der Waals surface area contributed by atoms with Crippen molar-refractivity contribution in [1.29, 1.82) is 0 Å². The zero-order chi connectivity index (χ0) is 19.4. The number of halogens is 1. The third-order valence-corrected chi connectivity index (χ3v) is 4.07. The number of nitrogens with zero attached hydrogens (tertiary/aromatic N) is 2. The summed E-state index contributed by atoms with van der Waals surface area (Å²) in [5.74, 6) is -0.715. The largest absolute Gasteiger partial charge is 0.449 e. The quantitative estimate of drug-likeness (QED) is 0.670. The molecule has 1 amide bonds. The van der Waals surface area contributed by atoms with Crippen LogP contribution in [0, 0.1) is 6.92 Å². The highest BCUT2D eigenvalue weighted by molar-refractivity contribution is 6.31. The zero-order valence-corrected chi connectivity index (χ0v) is 15.4. The van der Waals surface area contributed by atoms with Crippen molar-refractivity contribution in [2.24, 2.45) is 0 Å². The molecule has 138 valence electrons. The molecule has 0 radical (unpaired) electrons. The normalized spacial score (nSPS) is 11.7. The Morgan fingerprint density at radius 2 is 1.93 bits per heavy atom. The maximum Gasteiger partial charge on any atom is 0.338 e. The molecule has 1 aromatic heterocycles. The van der Waals surface area contributed by atoms with E-state index in [1.807, 2.05) is 6.92 Å². The molecular weight excluding hydrogens is 370 g/mol. The summed E-state index contributed by atoms with van der Waals surface area (Å²) in [6.07, 6.45) is 0.242. The maximum absolute atomic E-state index is 12.3. The summed E-state index contributed by atoms with van der Waals surface area (Å²) in [4.78, 5) is 24.5. The van der Waals surface area contributed by atoms with E-state index in [9.17, 15) is 9.59 Å². The van der Waals surface area contributed by atoms with Gasteiger partial charge in [-0.05, 0) is 55.8 Å². The molecule has 1 N–H and O–H groups in total. The number of benzene rings is 2. The van der Waals surface area contributed by atoms with Gasteiger partial charge >= 0.3 is 5.97 Å². The SMILES string of the molecule is Cc1ccc(Cl)cc1NC(=O)[C@H](C)OC(=O)c1ccc(-c2nnco2)cc1. The van der Waals surface area contributed by atoms with Gasteiger partial charge in [-0.15, -0.1) is 10.2 Å². The smallest absolute Gasteiger partial charge is 0.338 e. The monoisotopic (exact) mass is 385 g/mol. The fourth-order valence-electron chi connectivity index (χ4n) is 2.29. The molecule has 7 nitrogen and oxygen atoms in total. The minimum absolute atomic E-state index is 0.303. The van der Waals surface area contributed by atoms with Crippen LogP contribution in [0.2, 0.25) is 5.02 Å². The second-order valence-electron chi connectivity index (χ2n) is 5.82. The summed E-state index contributed by atoms with van der Waals surface area (Å²) in [5.41, 5.74) is 2.39. The Kier molecular flexibility index (Phi) is 5.52. The van der Waals surface area contributed by atoms with Gasteiger partial charge in [0.2, 0.25) is 12.3 Å². The Bertz CT molecular complexity index is 956. The van der Waals surface area contributed by atoms with Gasteiger partial charge in [0.25, 0.3) is 5.91 Å². The Labute approximate surface area is 160 Å². The number of nitrogens with one attached hydrogen (secondary N) is 1. The lowest BCUT2D eigenvalue weighted by molar-refractivity contribution is -0.123. The molecule has 0 aliphatic heterocycles. The number of hydrogen-bond donors (Lipinski definition) is 1. The number of aromatic nitrogens is 2. The van der Waals surface area contributed by atoms with Crippen molar-refractivity contribution in [1.82, 2.24) is 10.2 Å². The minimum atomic E-state index is -0.980. The van der Waals surface area contributed by atoms with Gasteiger partial charge in [-0.2, -0.15) is 0 Å². The molecule has 1 atom stereocenters. The highest BCUT2D eigenvalue weighted by Gasteiger charge is 2.20. The van der Waals surface area contributed by atoms with Crippen molar-refractivity contribution in [2.75, 3.05) is 5.32 Å². The van der Waals surface area contributed by atoms with Crippen LogP contribution in [0.25, 0.3) is 11.5 Å². The van der Waals surface area contributed by atoms with Gasteiger partial charge in [-0.1, -0.05) is 17.7 Å². The number of rotatable bonds is 5. The molecule has 0 fully saturated rings. The number of hydrogen-bond acceptors (Lipinski definition) is 6. The first-order valence-electron chi connectivity index (χ1n) is 8.08. The first-order chi connectivity index (χ1) is 12.9. The number of ether oxygens (including phenoxy) is 1. The molecule has 0 unspecified atom stereocenters. The van der Waals surface area contributed by atoms with E-state index in [1.54, 1.807) is 42.5 Å². The molecule has 3 rings (SSSR count). The van der Waals surface area contributed by atoms with Crippen molar-refractivity contribution in [3.63, 3.8) is 0 Å². The highest BCUT2D eigenvalue weighted by atomic mass is 35.5. The van der Waals surface area contributed by atoms with Crippen molar-refractivity contribution in [3.8, 4) is 11.5 Å². The molecule has 0 spiro atoms. The maximum atomic E-state index is 12.3. The molecule has 2 aromatic carbocycles. The van der Waals surface area contributed by atoms with E-state index in [0.29, 0.717) is 27.7 Å². The summed E-state index contributed by atoms with van der Waals surface area (Å²) >= 11 is 5.94. The minimum Gasteiger partial charge on any atom is -0.449 e. The Morgan fingerprint density at radius 3 is 2.59 bits per heavy atom. The van der Waals surface area contributed by atoms with Crippen LogP contribution in [0.1, 0.15) is 22.8 Å². The van der Waals surface area contributed by atoms with Crippen LogP contribution in [0.4, 0.5) is 5.69 Å². The van der Waals surface area contributed by atoms with Gasteiger partial charge in [-0.3, -0.25) is 4.79 Å². The Morgan fingerprint density at radius 1 is 1.19 bits per heavy atom. The molecule has 1 heterocycles. The van der Waals surface area contributed by atoms with E-state index in [0.717, 1.165) is 5.56 Å². The van der Waals surface area contributed by atoms with Gasteiger partial charge in [0.05, 0.1) is 5.56 Å². The van der Waals surface area contributed by atoms with Crippen LogP contribution in [-0.2, 0) is 9.53 Å². The standard InChI is InChI=1S/C19H16ClN3O4/c1-11-3-8-15(20)9-16(11)22-17(24)12(2)27-19(25)14-6-4-13(5-7-14)18-23-21-10-26-18/h3-10,12H,1-2H3,(H,22,24)/t12-/m0/s1. The van der Waals surface area contributed by atoms with Gasteiger partial charge in [0.15, 0.2) is 6.10 Å². The van der Waals surface area contributed by atoms with Crippen molar-refractivity contribution >= 4 is 29.2 Å². The second kappa shape index (κ2) is 8.01. The van der Waals surface area contributed by atoms with E-state index in [1.165, 1.54) is 13.3 Å². The molecule has 8 heteroatoms. The second-order valence-corrected chi connectivity index (χ2v) is 6.25. The number of amides is 1. The molecule has 0 saturated heterocycles. The van der Waals surface area contributed by atoms with Crippen LogP contribution < -0.4 is 5.32 Å². The summed E-state index contributed by atoms with van der Waals surface area (Å²) < 4.78 is 10.3. The van der Waals surface area contributed by atoms with E-state index in [4.69, 9.17) is 20.8 Å². The van der Waals surface area contributed by atoms with Gasteiger partial charge in [-0.25, -0.2) is 4.79 Å². The Hall–Kier alpha value is -3.19. The van der Waals surface area contributed by atoms with Crippen LogP contribution >= 0.6 is 11.6 Å². The van der Waals surface area contributed by atoms with E-state index >= 15 is 0 Å². The van der Waals surface area contributed by atoms with Crippen LogP contribution in [0.3, 0.4) is 0 Å². The summed E-state index contributed by atoms with van der Waals surface area (Å²) in [5, 5.41) is 10.6. The number of carbonyl (C=O) groups is 2. The van der Waals surface area contributed by atoms with Gasteiger partial charge in [0, 0.05) is 16.3 Å². The lowest BCUT2D eigenvalue weighted by Crippen LogP contribution is -2.30. The average Bonchev–Trinajstić information content (AvgIpc) is 3.19. The average molecular weight is 386 g/mol. The number of esters is 1. The molecule has 0 bridgehead atoms. The number of anilines is 1. The zero-order valence-electron chi connectivity index (χ0n) is 14.6. The van der Waals surface area contributed by atoms with E-state index in [2.05, 4.69) is 15.5 Å². The van der Waals surface area contributed by atoms with Gasteiger partial charge < -0.3 is 14.5 Å². The van der Waals surface area contributed by atoms with Crippen molar-refractivity contribution < 1.29 is 18.7 Å². The number of aryl methyl sites for hydroxylation is 1. The summed E-state index contributed by atoms with van der Waals surface area (Å²) in [7, 11) is 0. The van der Waals surface area contributed by atoms with Crippen LogP contribution in [0.5, 0.6) is 0 Å². The third-order valence-electron chi connectivity index (χ3n) is 3.84. The highest BCUT2D eigenvalue weighted by Crippen LogP contribution is 2.21. The lowest BCUT2D eigenvalue weighted by Gasteiger charge is -2.15. The fraction of sp³-hybridized carbons (Fsp3) is 0.158. The lowest BCUT2D eigenvalue weighted by atomic mass is 10.1. The Balaban J connectivity index is 1.63. The van der Waals surface area contributed by atoms with E-state index < -0.39 is 18.0 Å². The van der Waals surface area contributed by atoms with Crippen LogP contribution in [0.15, 0.2) is 53.3 Å². The summed E-state index contributed by atoms with van der Waals surface area (Å²) in [6.45, 7) is 3.34. The predicted octanol–water partition coefficient (Wildman–Crippen LogP) is 3.88. The fourth-order valence-corrected chi connectivity index (χ4v) is 2.47. The van der Waals surface area contributed by atoms with Crippen LogP contribution in [-0.4, -0.2) is 28.2 Å². The molecule has 3 aromatic rings. The third kappa shape index (κ3) is 4.51. The number of carbonyl (C=O) groups excluding carboxylic acids is 2. The summed E-state index contributed by atoms with van der Waals surface area (Å²) in [6, 6.07) is 11.6. The molecule has 27 heavy (non-hydrogen) atoms. The molecule has 0 saturated carbocycles. The first-order valence-corrected chi connectivity index (χ1v) is 8.46. The van der Waals surface area contributed by atoms with Crippen molar-refractivity contribution in [2.45, 2.75) is 20.0 Å². The molecule has 0 aliphatic carbocycles. The topological polar surface area (TPSA) is 94.3 Å². The predicted molar refractivity (Wildman–Crippen MR) is 99.4 cm³/mol. The first kappa shape index (κ1) is 18.6. The van der Waals surface area contributed by atoms with Crippen molar-refractivity contribution in [3.05, 3.63) is 65.0 Å². The molecule has 0 aliphatic rings. The van der Waals surface area contributed by atoms with E-state index in [-0.39, 0.29) is 0 Å². The molecular formula is C19H16ClN3O4. The van der Waals surface area contributed by atoms with Gasteiger partial charge in [0.1, 0.15) is 0 Å².